The summed E-state index contributed by atoms with van der Waals surface area (Å²) in [4.78, 5) is 0. The average molecular weight is 228 g/mol. The molecule has 0 aromatic heterocycles. The van der Waals surface area contributed by atoms with Gasteiger partial charge in [0.15, 0.2) is 0 Å². The molecule has 0 bridgehead atoms. The fourth-order valence-corrected chi connectivity index (χ4v) is 4.53. The lowest BCUT2D eigenvalue weighted by Gasteiger charge is -2.32. The first kappa shape index (κ1) is 10.4. The number of rotatable bonds is 1. The van der Waals surface area contributed by atoms with Crippen molar-refractivity contribution in [2.24, 2.45) is 0 Å². The summed E-state index contributed by atoms with van der Waals surface area (Å²) in [5.41, 5.74) is 1.23. The molecule has 1 fully saturated rings. The smallest absolute Gasteiger partial charge is 0.123 e. The maximum absolute atomic E-state index is 12.8. The van der Waals surface area contributed by atoms with Gasteiger partial charge in [0, 0.05) is 0 Å². The second kappa shape index (κ2) is 4.15. The molecule has 0 radical (unpaired) electrons. The Labute approximate surface area is 92.7 Å². The summed E-state index contributed by atoms with van der Waals surface area (Å²) in [5.74, 6) is 2.27. The Morgan fingerprint density at radius 2 is 1.71 bits per heavy atom. The molecule has 14 heavy (non-hydrogen) atoms. The first-order valence-electron chi connectivity index (χ1n) is 4.75. The van der Waals surface area contributed by atoms with Crippen molar-refractivity contribution >= 4 is 23.5 Å². The van der Waals surface area contributed by atoms with Crippen LogP contribution in [0.5, 0.6) is 0 Å². The van der Waals surface area contributed by atoms with Gasteiger partial charge >= 0.3 is 0 Å². The van der Waals surface area contributed by atoms with E-state index in [2.05, 4.69) is 6.92 Å². The van der Waals surface area contributed by atoms with E-state index in [-0.39, 0.29) is 9.90 Å². The van der Waals surface area contributed by atoms with E-state index in [9.17, 15) is 4.39 Å². The summed E-state index contributed by atoms with van der Waals surface area (Å²) in [5, 5.41) is 0. The van der Waals surface area contributed by atoms with Gasteiger partial charge in [-0.2, -0.15) is 0 Å². The minimum absolute atomic E-state index is 0.131. The molecule has 1 aromatic rings. The zero-order valence-electron chi connectivity index (χ0n) is 8.13. The van der Waals surface area contributed by atoms with Gasteiger partial charge in [0.25, 0.3) is 0 Å². The molecular weight excluding hydrogens is 215 g/mol. The Hall–Kier alpha value is -0.150. The summed E-state index contributed by atoms with van der Waals surface area (Å²) in [7, 11) is 0. The van der Waals surface area contributed by atoms with Crippen molar-refractivity contribution in [3.05, 3.63) is 35.6 Å². The van der Waals surface area contributed by atoms with Crippen molar-refractivity contribution in [3.63, 3.8) is 0 Å². The molecule has 76 valence electrons. The summed E-state index contributed by atoms with van der Waals surface area (Å²) < 4.78 is 12.9. The number of hydrogen-bond acceptors (Lipinski definition) is 2. The van der Waals surface area contributed by atoms with E-state index in [1.165, 1.54) is 23.5 Å². The molecular formula is C11H13FS2. The highest BCUT2D eigenvalue weighted by Gasteiger charge is 2.30. The van der Waals surface area contributed by atoms with Crippen LogP contribution in [-0.2, 0) is 4.08 Å². The van der Waals surface area contributed by atoms with Crippen LogP contribution >= 0.6 is 23.5 Å². The maximum Gasteiger partial charge on any atom is 0.123 e. The molecule has 1 saturated heterocycles. The van der Waals surface area contributed by atoms with Crippen LogP contribution in [0, 0.1) is 5.82 Å². The molecule has 0 nitrogen and oxygen atoms in total. The molecule has 0 spiro atoms. The molecule has 1 aromatic carbocycles. The van der Waals surface area contributed by atoms with Crippen molar-refractivity contribution in [1.82, 2.24) is 0 Å². The Balaban J connectivity index is 2.23. The fraction of sp³-hybridized carbons (Fsp3) is 0.455. The summed E-state index contributed by atoms with van der Waals surface area (Å²) in [6.45, 7) is 2.23. The standard InChI is InChI=1S/C11H13FS2/c1-11(13-7-2-8-14-11)9-3-5-10(12)6-4-9/h3-6H,2,7-8H2,1H3. The lowest BCUT2D eigenvalue weighted by Crippen LogP contribution is -2.18. The summed E-state index contributed by atoms with van der Waals surface area (Å²) >= 11 is 3.93. The van der Waals surface area contributed by atoms with E-state index >= 15 is 0 Å². The molecule has 0 unspecified atom stereocenters. The van der Waals surface area contributed by atoms with E-state index in [1.807, 2.05) is 35.7 Å². The SMILES string of the molecule is CC1(c2ccc(F)cc2)SCCCS1. The number of thioether (sulfide) groups is 2. The van der Waals surface area contributed by atoms with Crippen LogP contribution in [0.4, 0.5) is 4.39 Å². The molecule has 3 heteroatoms. The van der Waals surface area contributed by atoms with Gasteiger partial charge in [-0.3, -0.25) is 0 Å². The second-order valence-electron chi connectivity index (χ2n) is 3.50. The van der Waals surface area contributed by atoms with Crippen LogP contribution in [0.25, 0.3) is 0 Å². The summed E-state index contributed by atoms with van der Waals surface area (Å²) in [6, 6.07) is 6.91. The Bertz CT molecular complexity index is 302. The van der Waals surface area contributed by atoms with E-state index in [4.69, 9.17) is 0 Å². The molecule has 1 aliphatic rings. The largest absolute Gasteiger partial charge is 0.207 e. The summed E-state index contributed by atoms with van der Waals surface area (Å²) in [6.07, 6.45) is 1.28. The fourth-order valence-electron chi connectivity index (χ4n) is 1.55. The maximum atomic E-state index is 12.8. The highest BCUT2D eigenvalue weighted by Crippen LogP contribution is 2.49. The van der Waals surface area contributed by atoms with E-state index < -0.39 is 0 Å². The first-order chi connectivity index (χ1) is 6.71. The van der Waals surface area contributed by atoms with E-state index in [0.29, 0.717) is 0 Å². The third-order valence-corrected chi connectivity index (χ3v) is 5.68. The van der Waals surface area contributed by atoms with Gasteiger partial charge < -0.3 is 0 Å². The average Bonchev–Trinajstić information content (AvgIpc) is 2.19. The number of hydrogen-bond donors (Lipinski definition) is 0. The Morgan fingerprint density at radius 1 is 1.14 bits per heavy atom. The van der Waals surface area contributed by atoms with Crippen LogP contribution in [0.1, 0.15) is 18.9 Å². The minimum atomic E-state index is -0.150. The van der Waals surface area contributed by atoms with Crippen molar-refractivity contribution in [3.8, 4) is 0 Å². The second-order valence-corrected chi connectivity index (χ2v) is 6.79. The van der Waals surface area contributed by atoms with Crippen molar-refractivity contribution in [1.29, 1.82) is 0 Å². The van der Waals surface area contributed by atoms with E-state index in [1.54, 1.807) is 12.1 Å². The first-order valence-corrected chi connectivity index (χ1v) is 6.72. The quantitative estimate of drug-likeness (QED) is 0.715. The van der Waals surface area contributed by atoms with Crippen LogP contribution < -0.4 is 0 Å². The predicted molar refractivity (Wildman–Crippen MR) is 63.3 cm³/mol. The van der Waals surface area contributed by atoms with Crippen LogP contribution in [-0.4, -0.2) is 11.5 Å². The van der Waals surface area contributed by atoms with Crippen LogP contribution in [0.3, 0.4) is 0 Å². The zero-order valence-corrected chi connectivity index (χ0v) is 9.76. The Morgan fingerprint density at radius 3 is 2.29 bits per heavy atom. The molecule has 0 amide bonds. The van der Waals surface area contributed by atoms with Gasteiger partial charge in [0.05, 0.1) is 4.08 Å². The zero-order chi connectivity index (χ0) is 10.0. The minimum Gasteiger partial charge on any atom is -0.207 e. The van der Waals surface area contributed by atoms with Gasteiger partial charge in [-0.25, -0.2) is 4.39 Å². The lowest BCUT2D eigenvalue weighted by molar-refractivity contribution is 0.627. The topological polar surface area (TPSA) is 0 Å². The highest BCUT2D eigenvalue weighted by molar-refractivity contribution is 8.18. The number of benzene rings is 1. The molecule has 0 N–H and O–H groups in total. The van der Waals surface area contributed by atoms with Gasteiger partial charge in [0.1, 0.15) is 5.82 Å². The van der Waals surface area contributed by atoms with Crippen molar-refractivity contribution in [2.75, 3.05) is 11.5 Å². The highest BCUT2D eigenvalue weighted by atomic mass is 32.2. The van der Waals surface area contributed by atoms with Gasteiger partial charge in [-0.1, -0.05) is 12.1 Å². The normalized spacial score (nSPS) is 20.7. The molecule has 1 aliphatic heterocycles. The molecule has 0 saturated carbocycles. The molecule has 0 atom stereocenters. The Kier molecular flexibility index (Phi) is 3.07. The third-order valence-electron chi connectivity index (χ3n) is 2.41. The van der Waals surface area contributed by atoms with Crippen LogP contribution in [0.2, 0.25) is 0 Å². The van der Waals surface area contributed by atoms with Gasteiger partial charge in [-0.05, 0) is 42.5 Å². The monoisotopic (exact) mass is 228 g/mol. The van der Waals surface area contributed by atoms with Crippen molar-refractivity contribution in [2.45, 2.75) is 17.4 Å². The molecule has 0 aliphatic carbocycles. The lowest BCUT2D eigenvalue weighted by atomic mass is 10.1. The van der Waals surface area contributed by atoms with Gasteiger partial charge in [-0.15, -0.1) is 23.5 Å². The molecule has 1 heterocycles. The van der Waals surface area contributed by atoms with Crippen molar-refractivity contribution < 1.29 is 4.39 Å². The van der Waals surface area contributed by atoms with E-state index in [0.717, 1.165) is 0 Å². The van der Waals surface area contributed by atoms with Crippen LogP contribution in [0.15, 0.2) is 24.3 Å². The third kappa shape index (κ3) is 2.09. The molecule has 2 rings (SSSR count). The number of halogens is 1. The predicted octanol–water partition coefficient (Wildman–Crippen LogP) is 3.87. The van der Waals surface area contributed by atoms with Gasteiger partial charge in [0.2, 0.25) is 0 Å².